The summed E-state index contributed by atoms with van der Waals surface area (Å²) in [6, 6.07) is 26.6. The van der Waals surface area contributed by atoms with Crippen molar-refractivity contribution in [2.45, 2.75) is 22.9 Å². The zero-order valence-electron chi connectivity index (χ0n) is 18.9. The van der Waals surface area contributed by atoms with E-state index >= 15 is 0 Å². The summed E-state index contributed by atoms with van der Waals surface area (Å²) in [4.78, 5) is 12.7. The number of sulfonamides is 1. The first kappa shape index (κ1) is 24.1. The third kappa shape index (κ3) is 4.49. The molecule has 0 aromatic heterocycles. The summed E-state index contributed by atoms with van der Waals surface area (Å²) in [6.45, 7) is 0.280. The predicted molar refractivity (Wildman–Crippen MR) is 134 cm³/mol. The van der Waals surface area contributed by atoms with Gasteiger partial charge in [-0.3, -0.25) is 9.35 Å². The van der Waals surface area contributed by atoms with Crippen LogP contribution in [0.4, 0.5) is 0 Å². The number of nitrogens with zero attached hydrogens (tertiary/aromatic N) is 1. The molecule has 0 fully saturated rings. The third-order valence-corrected chi connectivity index (χ3v) is 8.74. The van der Waals surface area contributed by atoms with Crippen molar-refractivity contribution in [1.29, 1.82) is 0 Å². The molecule has 4 aromatic carbocycles. The Bertz CT molecular complexity index is 1640. The van der Waals surface area contributed by atoms with Crippen LogP contribution in [0, 0.1) is 0 Å². The van der Waals surface area contributed by atoms with Crippen LogP contribution in [0.2, 0.25) is 0 Å². The molecule has 5 rings (SSSR count). The molecule has 0 aliphatic heterocycles. The van der Waals surface area contributed by atoms with E-state index in [-0.39, 0.29) is 29.1 Å². The molecule has 7 nitrogen and oxygen atoms in total. The van der Waals surface area contributed by atoms with Crippen molar-refractivity contribution in [2.24, 2.45) is 0 Å². The van der Waals surface area contributed by atoms with Crippen LogP contribution in [0.25, 0.3) is 11.1 Å². The van der Waals surface area contributed by atoms with E-state index < -0.39 is 30.8 Å². The summed E-state index contributed by atoms with van der Waals surface area (Å²) in [6.07, 6.45) is 0. The maximum atomic E-state index is 13.8. The lowest BCUT2D eigenvalue weighted by molar-refractivity contribution is 0.104. The Balaban J connectivity index is 1.54. The molecule has 1 aliphatic rings. The molecule has 0 bridgehead atoms. The maximum absolute atomic E-state index is 13.8. The van der Waals surface area contributed by atoms with Gasteiger partial charge in [-0.15, -0.1) is 0 Å². The fourth-order valence-corrected chi connectivity index (χ4v) is 6.26. The van der Waals surface area contributed by atoms with Crippen molar-refractivity contribution in [3.05, 3.63) is 119 Å². The highest BCUT2D eigenvalue weighted by molar-refractivity contribution is 7.89. The highest BCUT2D eigenvalue weighted by Crippen LogP contribution is 2.39. The van der Waals surface area contributed by atoms with Gasteiger partial charge in [0, 0.05) is 24.2 Å². The van der Waals surface area contributed by atoms with E-state index in [0.717, 1.165) is 17.2 Å². The molecule has 1 aliphatic carbocycles. The van der Waals surface area contributed by atoms with E-state index in [1.54, 1.807) is 6.07 Å². The van der Waals surface area contributed by atoms with Crippen LogP contribution in [0.5, 0.6) is 0 Å². The number of hydrogen-bond donors (Lipinski definition) is 1. The quantitative estimate of drug-likeness (QED) is 0.316. The molecule has 0 heterocycles. The first-order valence-electron chi connectivity index (χ1n) is 11.0. The van der Waals surface area contributed by atoms with E-state index in [0.29, 0.717) is 11.1 Å². The molecule has 36 heavy (non-hydrogen) atoms. The summed E-state index contributed by atoms with van der Waals surface area (Å²) in [5, 5.41) is 0. The van der Waals surface area contributed by atoms with Gasteiger partial charge in [-0.25, -0.2) is 8.42 Å². The first-order valence-corrected chi connectivity index (χ1v) is 13.9. The average Bonchev–Trinajstić information content (AvgIpc) is 3.15. The third-order valence-electron chi connectivity index (χ3n) is 6.10. The number of rotatable bonds is 7. The van der Waals surface area contributed by atoms with Crippen LogP contribution in [0.15, 0.2) is 107 Å². The molecule has 182 valence electrons. The lowest BCUT2D eigenvalue weighted by atomic mass is 10.1. The molecule has 9 heteroatoms. The van der Waals surface area contributed by atoms with E-state index in [2.05, 4.69) is 0 Å². The van der Waals surface area contributed by atoms with Crippen LogP contribution in [-0.4, -0.2) is 31.5 Å². The summed E-state index contributed by atoms with van der Waals surface area (Å²) >= 11 is 0. The van der Waals surface area contributed by atoms with E-state index in [1.807, 2.05) is 60.7 Å². The lowest BCUT2D eigenvalue weighted by Crippen LogP contribution is -2.30. The van der Waals surface area contributed by atoms with Crippen LogP contribution >= 0.6 is 0 Å². The Morgan fingerprint density at radius 1 is 0.583 bits per heavy atom. The minimum Gasteiger partial charge on any atom is -0.289 e. The minimum absolute atomic E-state index is 0.0377. The molecule has 0 amide bonds. The van der Waals surface area contributed by atoms with Gasteiger partial charge in [0.25, 0.3) is 10.1 Å². The zero-order chi connectivity index (χ0) is 25.5. The zero-order valence-corrected chi connectivity index (χ0v) is 20.5. The summed E-state index contributed by atoms with van der Waals surface area (Å²) in [5.74, 6) is -0.500. The summed E-state index contributed by atoms with van der Waals surface area (Å²) in [5.41, 5.74) is 2.89. The van der Waals surface area contributed by atoms with Crippen LogP contribution in [0.3, 0.4) is 0 Å². The second-order valence-electron chi connectivity index (χ2n) is 8.46. The Hall–Kier alpha value is -3.63. The van der Waals surface area contributed by atoms with E-state index in [1.165, 1.54) is 28.6 Å². The fraction of sp³-hybridized carbons (Fsp3) is 0.0741. The van der Waals surface area contributed by atoms with Gasteiger partial charge in [-0.2, -0.15) is 12.7 Å². The number of hydrogen-bond acceptors (Lipinski definition) is 5. The van der Waals surface area contributed by atoms with E-state index in [4.69, 9.17) is 0 Å². The van der Waals surface area contributed by atoms with Crippen molar-refractivity contribution in [3.63, 3.8) is 0 Å². The minimum atomic E-state index is -4.49. The maximum Gasteiger partial charge on any atom is 0.294 e. The van der Waals surface area contributed by atoms with Gasteiger partial charge in [-0.05, 0) is 46.5 Å². The largest absolute Gasteiger partial charge is 0.294 e. The van der Waals surface area contributed by atoms with Gasteiger partial charge in [0.1, 0.15) is 0 Å². The average molecular weight is 520 g/mol. The molecule has 0 atom stereocenters. The number of ketones is 1. The normalized spacial score (nSPS) is 13.0. The molecule has 1 N–H and O–H groups in total. The van der Waals surface area contributed by atoms with Gasteiger partial charge in [-0.1, -0.05) is 72.8 Å². The van der Waals surface area contributed by atoms with Crippen molar-refractivity contribution < 1.29 is 26.2 Å². The molecule has 0 spiro atoms. The van der Waals surface area contributed by atoms with Gasteiger partial charge < -0.3 is 0 Å². The van der Waals surface area contributed by atoms with Gasteiger partial charge >= 0.3 is 0 Å². The highest BCUT2D eigenvalue weighted by atomic mass is 32.2. The highest BCUT2D eigenvalue weighted by Gasteiger charge is 2.32. The van der Waals surface area contributed by atoms with Crippen molar-refractivity contribution in [2.75, 3.05) is 0 Å². The number of carbonyl (C=O) groups is 1. The molecule has 0 saturated heterocycles. The Morgan fingerprint density at radius 2 is 1.03 bits per heavy atom. The monoisotopic (exact) mass is 519 g/mol. The molecule has 0 unspecified atom stereocenters. The summed E-state index contributed by atoms with van der Waals surface area (Å²) in [7, 11) is -8.51. The van der Waals surface area contributed by atoms with Gasteiger partial charge in [0.05, 0.1) is 9.79 Å². The SMILES string of the molecule is O=C1c2cc(S(=O)(=O)O)ccc2-c2ccc(S(=O)(=O)N(Cc3ccccc3)Cc3ccccc3)cc21. The Labute approximate surface area is 209 Å². The van der Waals surface area contributed by atoms with Gasteiger partial charge in [0.2, 0.25) is 10.0 Å². The van der Waals surface area contributed by atoms with Crippen molar-refractivity contribution in [1.82, 2.24) is 4.31 Å². The fourth-order valence-electron chi connectivity index (χ4n) is 4.31. The topological polar surface area (TPSA) is 109 Å². The van der Waals surface area contributed by atoms with Crippen molar-refractivity contribution in [3.8, 4) is 11.1 Å². The van der Waals surface area contributed by atoms with E-state index in [9.17, 15) is 26.2 Å². The molecular formula is C27H21NO6S2. The Kier molecular flexibility index (Phi) is 6.09. The van der Waals surface area contributed by atoms with Crippen LogP contribution in [0.1, 0.15) is 27.0 Å². The standard InChI is InChI=1S/C27H21NO6S2/c29-27-25-15-21(11-13-23(25)24-14-12-22(16-26(24)27)36(32,33)34)35(30,31)28(17-19-7-3-1-4-8-19)18-20-9-5-2-6-10-20/h1-16H,17-18H2,(H,32,33,34). The number of fused-ring (bicyclic) bond motifs is 3. The summed E-state index contributed by atoms with van der Waals surface area (Å²) < 4.78 is 61.4. The smallest absolute Gasteiger partial charge is 0.289 e. The first-order chi connectivity index (χ1) is 17.1. The van der Waals surface area contributed by atoms with Gasteiger partial charge in [0.15, 0.2) is 5.78 Å². The molecule has 0 radical (unpaired) electrons. The van der Waals surface area contributed by atoms with Crippen LogP contribution < -0.4 is 0 Å². The van der Waals surface area contributed by atoms with Crippen molar-refractivity contribution >= 4 is 25.9 Å². The Morgan fingerprint density at radius 3 is 1.50 bits per heavy atom. The lowest BCUT2D eigenvalue weighted by Gasteiger charge is -2.23. The number of benzene rings is 4. The number of carbonyl (C=O) groups excluding carboxylic acids is 1. The van der Waals surface area contributed by atoms with Crippen LogP contribution in [-0.2, 0) is 33.2 Å². The molecule has 4 aromatic rings. The molecule has 0 saturated carbocycles. The second kappa shape index (κ2) is 9.11. The second-order valence-corrected chi connectivity index (χ2v) is 11.8. The predicted octanol–water partition coefficient (Wildman–Crippen LogP) is 4.54. The molecular weight excluding hydrogens is 498 g/mol.